The van der Waals surface area contributed by atoms with Crippen LogP contribution in [-0.2, 0) is 16.0 Å². The van der Waals surface area contributed by atoms with E-state index >= 15 is 0 Å². The molecule has 2 rings (SSSR count). The van der Waals surface area contributed by atoms with E-state index in [9.17, 15) is 9.59 Å². The van der Waals surface area contributed by atoms with Crippen molar-refractivity contribution in [2.24, 2.45) is 5.73 Å². The fourth-order valence-corrected chi connectivity index (χ4v) is 1.87. The van der Waals surface area contributed by atoms with E-state index in [2.05, 4.69) is 0 Å². The highest BCUT2D eigenvalue weighted by Crippen LogP contribution is 2.33. The number of fused-ring (bicyclic) bond motifs is 1. The lowest BCUT2D eigenvalue weighted by Gasteiger charge is -2.27. The summed E-state index contributed by atoms with van der Waals surface area (Å²) < 4.78 is 5.27. The number of rotatable bonds is 2. The van der Waals surface area contributed by atoms with Gasteiger partial charge in [-0.05, 0) is 30.7 Å². The summed E-state index contributed by atoms with van der Waals surface area (Å²) in [6.07, 6.45) is 0.702. The van der Waals surface area contributed by atoms with Gasteiger partial charge >= 0.3 is 0 Å². The molecule has 1 aromatic carbocycles. The molecule has 90 valence electrons. The Morgan fingerprint density at radius 2 is 2.29 bits per heavy atom. The minimum atomic E-state index is -0.338. The molecule has 0 radical (unpaired) electrons. The zero-order chi connectivity index (χ0) is 12.4. The Morgan fingerprint density at radius 1 is 1.53 bits per heavy atom. The van der Waals surface area contributed by atoms with Crippen molar-refractivity contribution in [3.8, 4) is 5.75 Å². The number of carbonyl (C=O) groups excluding carboxylic acids is 2. The number of nitrogens with zero attached hydrogens (tertiary/aromatic N) is 1. The Labute approximate surface area is 99.2 Å². The molecule has 17 heavy (non-hydrogen) atoms. The van der Waals surface area contributed by atoms with E-state index in [1.54, 1.807) is 12.1 Å². The van der Waals surface area contributed by atoms with Crippen LogP contribution in [0.25, 0.3) is 0 Å². The van der Waals surface area contributed by atoms with Crippen LogP contribution in [-0.4, -0.2) is 25.0 Å². The first kappa shape index (κ1) is 11.6. The second kappa shape index (κ2) is 4.55. The molecule has 1 heterocycles. The summed E-state index contributed by atoms with van der Waals surface area (Å²) in [6, 6.07) is 5.43. The van der Waals surface area contributed by atoms with Crippen LogP contribution in [0.4, 0.5) is 5.69 Å². The van der Waals surface area contributed by atoms with Crippen molar-refractivity contribution in [1.29, 1.82) is 0 Å². The summed E-state index contributed by atoms with van der Waals surface area (Å²) in [4.78, 5) is 24.2. The topological polar surface area (TPSA) is 72.6 Å². The van der Waals surface area contributed by atoms with Gasteiger partial charge in [0.25, 0.3) is 5.91 Å². The maximum absolute atomic E-state index is 11.6. The van der Waals surface area contributed by atoms with E-state index in [0.717, 1.165) is 10.5 Å². The summed E-state index contributed by atoms with van der Waals surface area (Å²) >= 11 is 0. The molecule has 5 nitrogen and oxygen atoms in total. The maximum Gasteiger partial charge on any atom is 0.271 e. The Morgan fingerprint density at radius 3 is 2.94 bits per heavy atom. The molecule has 2 amide bonds. The maximum atomic E-state index is 11.6. The van der Waals surface area contributed by atoms with Crippen LogP contribution in [0.2, 0.25) is 0 Å². The Hall–Kier alpha value is -1.88. The lowest BCUT2D eigenvalue weighted by molar-refractivity contribution is -0.127. The summed E-state index contributed by atoms with van der Waals surface area (Å²) in [5, 5.41) is 0. The molecule has 0 aromatic heterocycles. The number of amides is 2. The van der Waals surface area contributed by atoms with Gasteiger partial charge in [0.05, 0.1) is 5.69 Å². The number of ether oxygens (including phenoxy) is 1. The van der Waals surface area contributed by atoms with Gasteiger partial charge in [-0.3, -0.25) is 9.59 Å². The van der Waals surface area contributed by atoms with Crippen LogP contribution in [0.5, 0.6) is 5.75 Å². The SMILES string of the molecule is CC(=O)N1C(=O)COc2ccc(CCN)cc21. The third-order valence-electron chi connectivity index (χ3n) is 2.61. The number of hydrogen-bond acceptors (Lipinski definition) is 4. The average Bonchev–Trinajstić information content (AvgIpc) is 2.28. The fourth-order valence-electron chi connectivity index (χ4n) is 1.87. The molecular formula is C12H14N2O3. The van der Waals surface area contributed by atoms with Gasteiger partial charge < -0.3 is 10.5 Å². The Balaban J connectivity index is 2.45. The smallest absolute Gasteiger partial charge is 0.271 e. The van der Waals surface area contributed by atoms with Gasteiger partial charge in [0, 0.05) is 6.92 Å². The Bertz CT molecular complexity index is 471. The van der Waals surface area contributed by atoms with Crippen molar-refractivity contribution < 1.29 is 14.3 Å². The Kier molecular flexibility index (Phi) is 3.10. The zero-order valence-electron chi connectivity index (χ0n) is 9.60. The summed E-state index contributed by atoms with van der Waals surface area (Å²) in [5.41, 5.74) is 6.98. The lowest BCUT2D eigenvalue weighted by Crippen LogP contribution is -2.41. The van der Waals surface area contributed by atoms with Gasteiger partial charge in [-0.1, -0.05) is 6.07 Å². The van der Waals surface area contributed by atoms with Crippen molar-refractivity contribution in [2.45, 2.75) is 13.3 Å². The third-order valence-corrected chi connectivity index (χ3v) is 2.61. The fraction of sp³-hybridized carbons (Fsp3) is 0.333. The first-order valence-corrected chi connectivity index (χ1v) is 5.43. The highest BCUT2D eigenvalue weighted by atomic mass is 16.5. The minimum Gasteiger partial charge on any atom is -0.482 e. The standard InChI is InChI=1S/C12H14N2O3/c1-8(15)14-10-6-9(4-5-13)2-3-11(10)17-7-12(14)16/h2-3,6H,4-5,7,13H2,1H3. The van der Waals surface area contributed by atoms with Gasteiger partial charge in [0.1, 0.15) is 5.75 Å². The predicted octanol–water partition coefficient (Wildman–Crippen LogP) is 0.460. The van der Waals surface area contributed by atoms with Crippen molar-refractivity contribution in [2.75, 3.05) is 18.1 Å². The molecule has 0 saturated heterocycles. The molecule has 1 aliphatic heterocycles. The van der Waals surface area contributed by atoms with Crippen LogP contribution in [0.3, 0.4) is 0 Å². The van der Waals surface area contributed by atoms with Gasteiger partial charge in [-0.15, -0.1) is 0 Å². The van der Waals surface area contributed by atoms with Crippen LogP contribution < -0.4 is 15.4 Å². The molecule has 0 aliphatic carbocycles. The van der Waals surface area contributed by atoms with Crippen molar-refractivity contribution in [1.82, 2.24) is 0 Å². The van der Waals surface area contributed by atoms with Crippen molar-refractivity contribution in [3.63, 3.8) is 0 Å². The van der Waals surface area contributed by atoms with E-state index in [1.807, 2.05) is 6.07 Å². The molecule has 0 saturated carbocycles. The first-order valence-electron chi connectivity index (χ1n) is 5.43. The van der Waals surface area contributed by atoms with E-state index in [0.29, 0.717) is 24.4 Å². The molecule has 1 aliphatic rings. The monoisotopic (exact) mass is 234 g/mol. The molecule has 1 aromatic rings. The molecule has 0 fully saturated rings. The molecule has 0 atom stereocenters. The molecule has 5 heteroatoms. The number of anilines is 1. The van der Waals surface area contributed by atoms with Crippen molar-refractivity contribution >= 4 is 17.5 Å². The van der Waals surface area contributed by atoms with Crippen LogP contribution in [0.15, 0.2) is 18.2 Å². The van der Waals surface area contributed by atoms with Gasteiger partial charge in [-0.25, -0.2) is 4.90 Å². The van der Waals surface area contributed by atoms with E-state index in [4.69, 9.17) is 10.5 Å². The third kappa shape index (κ3) is 2.14. The van der Waals surface area contributed by atoms with E-state index < -0.39 is 0 Å². The molecule has 2 N–H and O–H groups in total. The summed E-state index contributed by atoms with van der Waals surface area (Å²) in [6.45, 7) is 1.79. The number of carbonyl (C=O) groups is 2. The normalized spacial score (nSPS) is 14.2. The van der Waals surface area contributed by atoms with Crippen LogP contribution in [0.1, 0.15) is 12.5 Å². The van der Waals surface area contributed by atoms with Gasteiger partial charge in [0.2, 0.25) is 5.91 Å². The summed E-state index contributed by atoms with van der Waals surface area (Å²) in [5.74, 6) is -0.0834. The quantitative estimate of drug-likeness (QED) is 0.806. The first-order chi connectivity index (χ1) is 8.13. The minimum absolute atomic E-state index is 0.0944. The molecular weight excluding hydrogens is 220 g/mol. The van der Waals surface area contributed by atoms with Crippen LogP contribution >= 0.6 is 0 Å². The lowest BCUT2D eigenvalue weighted by atomic mass is 10.1. The average molecular weight is 234 g/mol. The van der Waals surface area contributed by atoms with E-state index in [1.165, 1.54) is 6.92 Å². The molecule has 0 unspecified atom stereocenters. The number of hydrogen-bond donors (Lipinski definition) is 1. The number of imide groups is 1. The van der Waals surface area contributed by atoms with Gasteiger partial charge in [-0.2, -0.15) is 0 Å². The predicted molar refractivity (Wildman–Crippen MR) is 62.9 cm³/mol. The van der Waals surface area contributed by atoms with Crippen LogP contribution in [0, 0.1) is 0 Å². The largest absolute Gasteiger partial charge is 0.482 e. The van der Waals surface area contributed by atoms with Crippen molar-refractivity contribution in [3.05, 3.63) is 23.8 Å². The second-order valence-electron chi connectivity index (χ2n) is 3.88. The van der Waals surface area contributed by atoms with E-state index in [-0.39, 0.29) is 18.4 Å². The highest BCUT2D eigenvalue weighted by molar-refractivity contribution is 6.16. The second-order valence-corrected chi connectivity index (χ2v) is 3.88. The number of benzene rings is 1. The van der Waals surface area contributed by atoms with Gasteiger partial charge in [0.15, 0.2) is 6.61 Å². The highest BCUT2D eigenvalue weighted by Gasteiger charge is 2.28. The molecule has 0 bridgehead atoms. The zero-order valence-corrected chi connectivity index (χ0v) is 9.60. The molecule has 0 spiro atoms. The number of nitrogens with two attached hydrogens (primary N) is 1. The summed E-state index contributed by atoms with van der Waals surface area (Å²) in [7, 11) is 0.